The van der Waals surface area contributed by atoms with Gasteiger partial charge in [-0.05, 0) is 51.3 Å². The third-order valence-electron chi connectivity index (χ3n) is 3.17. The van der Waals surface area contributed by atoms with Crippen LogP contribution in [0.15, 0.2) is 45.8 Å². The largest absolute Gasteiger partial charge is 0.357 e. The van der Waals surface area contributed by atoms with Gasteiger partial charge in [0.15, 0.2) is 0 Å². The Balaban J connectivity index is 0.00000338. The molecule has 6 nitrogen and oxygen atoms in total. The molecule has 2 rings (SSSR count). The zero-order valence-corrected chi connectivity index (χ0v) is 20.5. The van der Waals surface area contributed by atoms with Crippen molar-refractivity contribution in [2.75, 3.05) is 0 Å². The smallest absolute Gasteiger partial charge is 0.321 e. The molecule has 0 saturated heterocycles. The standard InChI is InChI=1S/C14H14BrClNO5PS2.Na/c15-11-5-9(2-4-13(11)23(18,19)20)7-24-8-10-1-3-12(16)14(6-10)25(17,21)22;/h1-6H,7-8H2,(H2,17,21,22)(H2,18,19,20);. The Labute approximate surface area is 191 Å². The van der Waals surface area contributed by atoms with Crippen molar-refractivity contribution >= 4 is 91.8 Å². The fourth-order valence-corrected chi connectivity index (χ4v) is 5.78. The van der Waals surface area contributed by atoms with Gasteiger partial charge in [-0.3, -0.25) is 4.57 Å². The number of halogens is 2. The van der Waals surface area contributed by atoms with E-state index in [-0.39, 0.29) is 44.8 Å². The Bertz CT molecular complexity index is 954. The van der Waals surface area contributed by atoms with Crippen molar-refractivity contribution in [3.63, 3.8) is 0 Å². The van der Waals surface area contributed by atoms with Gasteiger partial charge in [-0.15, -0.1) is 0 Å². The summed E-state index contributed by atoms with van der Waals surface area (Å²) in [6.07, 6.45) is 0. The second-order valence-electron chi connectivity index (χ2n) is 5.13. The molecule has 12 heteroatoms. The Hall–Kier alpha value is 0.620. The van der Waals surface area contributed by atoms with E-state index >= 15 is 0 Å². The van der Waals surface area contributed by atoms with Crippen LogP contribution in [0.1, 0.15) is 11.1 Å². The summed E-state index contributed by atoms with van der Waals surface area (Å²) in [5.41, 5.74) is 1.62. The van der Waals surface area contributed by atoms with Gasteiger partial charge in [0, 0.05) is 45.5 Å². The van der Waals surface area contributed by atoms with E-state index in [4.69, 9.17) is 16.7 Å². The van der Waals surface area contributed by atoms with E-state index in [1.165, 1.54) is 30.0 Å². The van der Waals surface area contributed by atoms with Crippen molar-refractivity contribution in [1.29, 1.82) is 0 Å². The van der Waals surface area contributed by atoms with E-state index in [0.29, 0.717) is 16.0 Å². The fraction of sp³-hybridized carbons (Fsp3) is 0.143. The SMILES string of the molecule is NS(=O)(=O)c1cc(CSCc2ccc(P(=O)(O)O)c(Br)c2)ccc1Cl.[Na]. The Kier molecular flexibility index (Phi) is 9.38. The average molecular weight is 510 g/mol. The first kappa shape index (κ1) is 24.7. The van der Waals surface area contributed by atoms with Gasteiger partial charge in [-0.25, -0.2) is 13.6 Å². The van der Waals surface area contributed by atoms with Gasteiger partial charge < -0.3 is 9.79 Å². The summed E-state index contributed by atoms with van der Waals surface area (Å²) in [7, 11) is -8.19. The fourth-order valence-electron chi connectivity index (χ4n) is 2.02. The number of hydrogen-bond donors (Lipinski definition) is 3. The van der Waals surface area contributed by atoms with Gasteiger partial charge in [0.2, 0.25) is 10.0 Å². The van der Waals surface area contributed by atoms with Crippen LogP contribution < -0.4 is 10.4 Å². The molecule has 0 fully saturated rings. The zero-order chi connectivity index (χ0) is 18.8. The van der Waals surface area contributed by atoms with E-state index in [2.05, 4.69) is 15.9 Å². The first-order valence-electron chi connectivity index (χ1n) is 6.72. The Morgan fingerprint density at radius 1 is 1.12 bits per heavy atom. The third-order valence-corrected chi connectivity index (χ3v) is 7.61. The molecule has 0 saturated carbocycles. The van der Waals surface area contributed by atoms with Crippen LogP contribution in [0.3, 0.4) is 0 Å². The van der Waals surface area contributed by atoms with E-state index < -0.39 is 17.6 Å². The van der Waals surface area contributed by atoms with Crippen molar-refractivity contribution in [2.45, 2.75) is 16.4 Å². The molecule has 0 aliphatic heterocycles. The van der Waals surface area contributed by atoms with Gasteiger partial charge in [0.25, 0.3) is 0 Å². The second-order valence-corrected chi connectivity index (χ2v) is 10.5. The van der Waals surface area contributed by atoms with Crippen molar-refractivity contribution in [2.24, 2.45) is 5.14 Å². The molecule has 2 aromatic carbocycles. The summed E-state index contributed by atoms with van der Waals surface area (Å²) in [4.78, 5) is 18.3. The average Bonchev–Trinajstić information content (AvgIpc) is 2.46. The number of nitrogens with two attached hydrogens (primary N) is 1. The van der Waals surface area contributed by atoms with E-state index in [1.807, 2.05) is 0 Å². The Morgan fingerprint density at radius 3 is 2.15 bits per heavy atom. The molecule has 0 aliphatic carbocycles. The van der Waals surface area contributed by atoms with Crippen LogP contribution in [0.2, 0.25) is 5.02 Å². The maximum Gasteiger partial charge on any atom is 0.357 e. The molecule has 0 aromatic heterocycles. The molecule has 0 bridgehead atoms. The summed E-state index contributed by atoms with van der Waals surface area (Å²) in [6, 6.07) is 9.34. The summed E-state index contributed by atoms with van der Waals surface area (Å²) in [5.74, 6) is 1.10. The molecule has 26 heavy (non-hydrogen) atoms. The van der Waals surface area contributed by atoms with Crippen molar-refractivity contribution in [1.82, 2.24) is 0 Å². The molecule has 0 spiro atoms. The minimum absolute atomic E-state index is 0. The van der Waals surface area contributed by atoms with E-state index in [1.54, 1.807) is 18.2 Å². The number of thioether (sulfide) groups is 1. The van der Waals surface area contributed by atoms with E-state index in [9.17, 15) is 22.8 Å². The van der Waals surface area contributed by atoms with Gasteiger partial charge in [-0.2, -0.15) is 11.8 Å². The molecular weight excluding hydrogens is 496 g/mol. The zero-order valence-electron chi connectivity index (χ0n) is 13.6. The van der Waals surface area contributed by atoms with Crippen LogP contribution in [-0.2, 0) is 26.1 Å². The molecule has 0 heterocycles. The number of primary sulfonamides is 1. The van der Waals surface area contributed by atoms with Crippen LogP contribution in [0.5, 0.6) is 0 Å². The molecule has 2 aromatic rings. The number of sulfonamides is 1. The molecule has 0 unspecified atom stereocenters. The minimum atomic E-state index is -4.31. The second kappa shape index (κ2) is 9.89. The predicted molar refractivity (Wildman–Crippen MR) is 109 cm³/mol. The molecule has 137 valence electrons. The van der Waals surface area contributed by atoms with Crippen molar-refractivity contribution in [3.8, 4) is 0 Å². The summed E-state index contributed by atoms with van der Waals surface area (Å²) >= 11 is 10.5. The number of rotatable bonds is 6. The van der Waals surface area contributed by atoms with Crippen molar-refractivity contribution in [3.05, 3.63) is 57.0 Å². The van der Waals surface area contributed by atoms with Crippen LogP contribution in [0.25, 0.3) is 0 Å². The van der Waals surface area contributed by atoms with Gasteiger partial charge in [-0.1, -0.05) is 23.7 Å². The van der Waals surface area contributed by atoms with Gasteiger partial charge in [0.1, 0.15) is 4.90 Å². The quantitative estimate of drug-likeness (QED) is 0.407. The Morgan fingerprint density at radius 2 is 1.65 bits per heavy atom. The summed E-state index contributed by atoms with van der Waals surface area (Å²) < 4.78 is 34.6. The minimum Gasteiger partial charge on any atom is -0.321 e. The first-order chi connectivity index (χ1) is 11.5. The van der Waals surface area contributed by atoms with Crippen molar-refractivity contribution < 1.29 is 22.8 Å². The molecule has 0 amide bonds. The molecular formula is C14H14BrClNNaO5PS2. The van der Waals surface area contributed by atoms with Crippen LogP contribution in [0.4, 0.5) is 0 Å². The van der Waals surface area contributed by atoms with E-state index in [0.717, 1.165) is 11.1 Å². The normalized spacial score (nSPS) is 11.9. The van der Waals surface area contributed by atoms with Gasteiger partial charge in [0.05, 0.1) is 10.3 Å². The maximum atomic E-state index is 11.5. The third kappa shape index (κ3) is 6.90. The molecule has 0 aliphatic rings. The molecule has 4 N–H and O–H groups in total. The summed E-state index contributed by atoms with van der Waals surface area (Å²) in [5, 5.41) is 5.14. The molecule has 1 radical (unpaired) electrons. The van der Waals surface area contributed by atoms with Crippen LogP contribution in [0, 0.1) is 0 Å². The maximum absolute atomic E-state index is 11.5. The van der Waals surface area contributed by atoms with Crippen LogP contribution >= 0.6 is 46.9 Å². The van der Waals surface area contributed by atoms with Gasteiger partial charge >= 0.3 is 7.60 Å². The monoisotopic (exact) mass is 508 g/mol. The summed E-state index contributed by atoms with van der Waals surface area (Å²) in [6.45, 7) is 0. The number of benzene rings is 2. The van der Waals surface area contributed by atoms with Crippen LogP contribution in [-0.4, -0.2) is 47.8 Å². The first-order valence-corrected chi connectivity index (χ1v) is 12.2. The number of hydrogen-bond acceptors (Lipinski definition) is 4. The molecule has 0 atom stereocenters. The predicted octanol–water partition coefficient (Wildman–Crippen LogP) is 2.61. The topological polar surface area (TPSA) is 118 Å².